The van der Waals surface area contributed by atoms with Crippen LogP contribution < -0.4 is 5.32 Å². The second kappa shape index (κ2) is 10.0. The van der Waals surface area contributed by atoms with Crippen molar-refractivity contribution in [3.63, 3.8) is 0 Å². The number of carbonyl (C=O) groups is 1. The van der Waals surface area contributed by atoms with E-state index in [0.29, 0.717) is 18.0 Å². The van der Waals surface area contributed by atoms with Gasteiger partial charge in [-0.2, -0.15) is 0 Å². The van der Waals surface area contributed by atoms with E-state index in [0.717, 1.165) is 79.4 Å². The number of piperazine rings is 1. The lowest BCUT2D eigenvalue weighted by molar-refractivity contribution is 0.0518. The van der Waals surface area contributed by atoms with Gasteiger partial charge >= 0.3 is 0 Å². The lowest BCUT2D eigenvalue weighted by Gasteiger charge is -2.42. The SMILES string of the molecule is CC(C)n1nnc2ccc3cnc(N[C@H]4CC[C@H](N5CCN(C(=O)c6ccccc6)CC5)CC4)nc3c21. The van der Waals surface area contributed by atoms with E-state index in [-0.39, 0.29) is 11.9 Å². The van der Waals surface area contributed by atoms with Gasteiger partial charge in [-0.15, -0.1) is 5.10 Å². The van der Waals surface area contributed by atoms with Crippen LogP contribution in [0.5, 0.6) is 0 Å². The van der Waals surface area contributed by atoms with Gasteiger partial charge in [-0.1, -0.05) is 23.4 Å². The lowest BCUT2D eigenvalue weighted by atomic mass is 9.90. The average Bonchev–Trinajstić information content (AvgIpc) is 3.39. The molecule has 1 N–H and O–H groups in total. The van der Waals surface area contributed by atoms with Crippen molar-refractivity contribution in [3.05, 3.63) is 54.2 Å². The Labute approximate surface area is 216 Å². The summed E-state index contributed by atoms with van der Waals surface area (Å²) in [6, 6.07) is 14.8. The van der Waals surface area contributed by atoms with Gasteiger partial charge in [-0.05, 0) is 63.8 Å². The highest BCUT2D eigenvalue weighted by Crippen LogP contribution is 2.28. The Kier molecular flexibility index (Phi) is 6.46. The number of aromatic nitrogens is 5. The highest BCUT2D eigenvalue weighted by molar-refractivity contribution is 6.01. The van der Waals surface area contributed by atoms with Crippen molar-refractivity contribution in [2.24, 2.45) is 0 Å². The smallest absolute Gasteiger partial charge is 0.253 e. The Morgan fingerprint density at radius 3 is 2.46 bits per heavy atom. The molecule has 9 nitrogen and oxygen atoms in total. The van der Waals surface area contributed by atoms with E-state index in [1.807, 2.05) is 58.2 Å². The van der Waals surface area contributed by atoms with Crippen molar-refractivity contribution in [3.8, 4) is 0 Å². The van der Waals surface area contributed by atoms with Crippen LogP contribution in [0.4, 0.5) is 5.95 Å². The number of hydrogen-bond donors (Lipinski definition) is 1. The van der Waals surface area contributed by atoms with Crippen LogP contribution in [0.1, 0.15) is 55.9 Å². The molecule has 0 radical (unpaired) electrons. The summed E-state index contributed by atoms with van der Waals surface area (Å²) in [4.78, 5) is 26.8. The fourth-order valence-electron chi connectivity index (χ4n) is 5.77. The van der Waals surface area contributed by atoms with Gasteiger partial charge < -0.3 is 10.2 Å². The first-order valence-electron chi connectivity index (χ1n) is 13.4. The summed E-state index contributed by atoms with van der Waals surface area (Å²) in [6.07, 6.45) is 6.36. The number of fused-ring (bicyclic) bond motifs is 3. The van der Waals surface area contributed by atoms with Crippen molar-refractivity contribution >= 4 is 33.8 Å². The summed E-state index contributed by atoms with van der Waals surface area (Å²) in [5, 5.41) is 13.3. The zero-order valence-corrected chi connectivity index (χ0v) is 21.5. The normalized spacial score (nSPS) is 21.1. The summed E-state index contributed by atoms with van der Waals surface area (Å²) in [6.45, 7) is 7.70. The molecule has 2 aromatic carbocycles. The minimum Gasteiger partial charge on any atom is -0.351 e. The molecule has 1 saturated heterocycles. The van der Waals surface area contributed by atoms with E-state index in [4.69, 9.17) is 4.98 Å². The van der Waals surface area contributed by atoms with Gasteiger partial charge in [0.2, 0.25) is 5.95 Å². The van der Waals surface area contributed by atoms with Crippen LogP contribution in [-0.4, -0.2) is 78.9 Å². The summed E-state index contributed by atoms with van der Waals surface area (Å²) in [7, 11) is 0. The zero-order chi connectivity index (χ0) is 25.4. The van der Waals surface area contributed by atoms with Gasteiger partial charge in [0.15, 0.2) is 0 Å². The monoisotopic (exact) mass is 498 g/mol. The first-order valence-corrected chi connectivity index (χ1v) is 13.4. The molecule has 4 aromatic rings. The average molecular weight is 499 g/mol. The molecule has 0 unspecified atom stereocenters. The van der Waals surface area contributed by atoms with E-state index in [2.05, 4.69) is 39.4 Å². The molecule has 1 aliphatic carbocycles. The standard InChI is InChI=1S/C28H34N8O/c1-19(2)36-26-24(32-33-36)13-8-21-18-29-28(31-25(21)26)30-22-9-11-23(12-10-22)34-14-16-35(17-15-34)27(37)20-6-4-3-5-7-20/h3-8,13,18-19,22-23H,9-12,14-17H2,1-2H3,(H,29,30,31)/t22-,23-. The molecule has 1 amide bonds. The topological polar surface area (TPSA) is 92.1 Å². The van der Waals surface area contributed by atoms with Gasteiger partial charge in [-0.25, -0.2) is 14.6 Å². The number of benzene rings is 2. The molecule has 1 saturated carbocycles. The number of hydrogen-bond acceptors (Lipinski definition) is 7. The largest absolute Gasteiger partial charge is 0.351 e. The minimum atomic E-state index is 0.146. The van der Waals surface area contributed by atoms with Crippen LogP contribution >= 0.6 is 0 Å². The first kappa shape index (κ1) is 23.8. The second-order valence-electron chi connectivity index (χ2n) is 10.5. The lowest BCUT2D eigenvalue weighted by Crippen LogP contribution is -2.53. The molecule has 0 bridgehead atoms. The molecule has 6 rings (SSSR count). The molecule has 2 aliphatic rings. The fourth-order valence-corrected chi connectivity index (χ4v) is 5.77. The Bertz CT molecular complexity index is 1390. The van der Waals surface area contributed by atoms with Crippen molar-refractivity contribution in [1.82, 2.24) is 34.8 Å². The summed E-state index contributed by atoms with van der Waals surface area (Å²) in [5.41, 5.74) is 3.50. The van der Waals surface area contributed by atoms with Crippen LogP contribution in [0.15, 0.2) is 48.7 Å². The van der Waals surface area contributed by atoms with Crippen molar-refractivity contribution < 1.29 is 4.79 Å². The van der Waals surface area contributed by atoms with Crippen LogP contribution in [-0.2, 0) is 0 Å². The zero-order valence-electron chi connectivity index (χ0n) is 21.5. The minimum absolute atomic E-state index is 0.146. The molecule has 37 heavy (non-hydrogen) atoms. The van der Waals surface area contributed by atoms with Crippen LogP contribution in [0.2, 0.25) is 0 Å². The molecule has 192 valence electrons. The van der Waals surface area contributed by atoms with E-state index in [9.17, 15) is 4.79 Å². The maximum absolute atomic E-state index is 12.8. The van der Waals surface area contributed by atoms with E-state index in [1.54, 1.807) is 0 Å². The molecule has 0 spiro atoms. The van der Waals surface area contributed by atoms with Gasteiger partial charge in [-0.3, -0.25) is 9.69 Å². The van der Waals surface area contributed by atoms with Crippen LogP contribution in [0, 0.1) is 0 Å². The van der Waals surface area contributed by atoms with Gasteiger partial charge in [0, 0.05) is 61.5 Å². The van der Waals surface area contributed by atoms with Gasteiger partial charge in [0.05, 0.1) is 0 Å². The Morgan fingerprint density at radius 1 is 0.973 bits per heavy atom. The first-order chi connectivity index (χ1) is 18.1. The number of nitrogens with one attached hydrogen (secondary N) is 1. The number of amides is 1. The van der Waals surface area contributed by atoms with Crippen LogP contribution in [0.3, 0.4) is 0 Å². The number of carbonyl (C=O) groups excluding carboxylic acids is 1. The summed E-state index contributed by atoms with van der Waals surface area (Å²) >= 11 is 0. The van der Waals surface area contributed by atoms with Gasteiger partial charge in [0.1, 0.15) is 16.6 Å². The summed E-state index contributed by atoms with van der Waals surface area (Å²) in [5.74, 6) is 0.820. The highest BCUT2D eigenvalue weighted by atomic mass is 16.2. The third-order valence-corrected chi connectivity index (χ3v) is 7.84. The molecular weight excluding hydrogens is 464 g/mol. The van der Waals surface area contributed by atoms with E-state index >= 15 is 0 Å². The molecule has 2 aromatic heterocycles. The molecule has 9 heteroatoms. The number of nitrogens with zero attached hydrogens (tertiary/aromatic N) is 7. The second-order valence-corrected chi connectivity index (χ2v) is 10.5. The quantitative estimate of drug-likeness (QED) is 0.442. The Morgan fingerprint density at radius 2 is 1.73 bits per heavy atom. The maximum atomic E-state index is 12.8. The molecule has 0 atom stereocenters. The maximum Gasteiger partial charge on any atom is 0.253 e. The summed E-state index contributed by atoms with van der Waals surface area (Å²) < 4.78 is 1.94. The highest BCUT2D eigenvalue weighted by Gasteiger charge is 2.30. The molecular formula is C28H34N8O. The van der Waals surface area contributed by atoms with E-state index < -0.39 is 0 Å². The number of rotatable bonds is 5. The van der Waals surface area contributed by atoms with Crippen LogP contribution in [0.25, 0.3) is 21.9 Å². The van der Waals surface area contributed by atoms with E-state index in [1.165, 1.54) is 0 Å². The van der Waals surface area contributed by atoms with Crippen molar-refractivity contribution in [2.45, 2.75) is 57.7 Å². The third-order valence-electron chi connectivity index (χ3n) is 7.84. The third kappa shape index (κ3) is 4.75. The Hall–Kier alpha value is -3.59. The predicted octanol–water partition coefficient (Wildman–Crippen LogP) is 4.14. The predicted molar refractivity (Wildman–Crippen MR) is 145 cm³/mol. The van der Waals surface area contributed by atoms with Crippen molar-refractivity contribution in [2.75, 3.05) is 31.5 Å². The number of anilines is 1. The Balaban J connectivity index is 1.06. The molecule has 1 aliphatic heterocycles. The molecule has 3 heterocycles. The van der Waals surface area contributed by atoms with Gasteiger partial charge in [0.25, 0.3) is 5.91 Å². The van der Waals surface area contributed by atoms with Crippen molar-refractivity contribution in [1.29, 1.82) is 0 Å². The fraction of sp³-hybridized carbons (Fsp3) is 0.464. The molecule has 2 fully saturated rings.